The summed E-state index contributed by atoms with van der Waals surface area (Å²) in [4.78, 5) is 33.6. The summed E-state index contributed by atoms with van der Waals surface area (Å²) in [6.07, 6.45) is 1.76. The smallest absolute Gasteiger partial charge is 0.182 e. The lowest BCUT2D eigenvalue weighted by Gasteiger charge is -2.22. The van der Waals surface area contributed by atoms with Crippen molar-refractivity contribution in [2.45, 2.75) is 38.5 Å². The molecule has 2 aliphatic rings. The molecule has 0 radical (unpaired) electrons. The Kier molecular flexibility index (Phi) is 12.7. The van der Waals surface area contributed by atoms with E-state index >= 15 is 0 Å². The monoisotopic (exact) mass is 1180 g/mol. The van der Waals surface area contributed by atoms with Crippen LogP contribution in [0.15, 0.2) is 282 Å². The SMILES string of the molecule is CC1(C)c2cc(-c3ccc(-c4nc(-c5ccccc5)nc(-c5ccccc5)n4)cc3)ccc2-c2cc3c(cc21)oc1ccccc13.CC1(C)c2cc(-c3ccc(-c4nc(-c5ccccc5)nc(-c5ccccn5)n4)cc3)ccc2-c2cc3c(cc21)oc1ccccc13. The Morgan fingerprint density at radius 1 is 0.239 bits per heavy atom. The minimum atomic E-state index is -0.158. The Labute approximate surface area is 531 Å². The molecule has 18 rings (SSSR count). The molecule has 11 aromatic carbocycles. The number of fused-ring (bicyclic) bond motifs is 12. The minimum Gasteiger partial charge on any atom is -0.456 e. The van der Waals surface area contributed by atoms with Crippen molar-refractivity contribution in [3.05, 3.63) is 295 Å². The van der Waals surface area contributed by atoms with E-state index in [2.05, 4.69) is 166 Å². The molecule has 92 heavy (non-hydrogen) atoms. The molecule has 0 fully saturated rings. The average Bonchev–Trinajstić information content (AvgIpc) is 1.57. The Morgan fingerprint density at radius 2 is 0.565 bits per heavy atom. The molecule has 0 atom stereocenters. The molecule has 0 aliphatic heterocycles. The second kappa shape index (κ2) is 21.5. The molecule has 0 saturated carbocycles. The Balaban J connectivity index is 0.000000141. The maximum absolute atomic E-state index is 6.26. The summed E-state index contributed by atoms with van der Waals surface area (Å²) in [7, 11) is 0. The van der Waals surface area contributed by atoms with Crippen LogP contribution >= 0.6 is 0 Å². The van der Waals surface area contributed by atoms with Gasteiger partial charge in [-0.2, -0.15) is 0 Å². The highest BCUT2D eigenvalue weighted by molar-refractivity contribution is 6.09. The van der Waals surface area contributed by atoms with Gasteiger partial charge in [-0.3, -0.25) is 4.98 Å². The number of pyridine rings is 1. The average molecular weight is 1180 g/mol. The van der Waals surface area contributed by atoms with Crippen LogP contribution < -0.4 is 0 Å². The number of furan rings is 2. The zero-order valence-electron chi connectivity index (χ0n) is 50.9. The summed E-state index contributed by atoms with van der Waals surface area (Å²) >= 11 is 0. The number of aromatic nitrogens is 7. The molecule has 16 aromatic rings. The van der Waals surface area contributed by atoms with E-state index in [1.165, 1.54) is 61.0 Å². The second-order valence-corrected chi connectivity index (χ2v) is 24.8. The number of rotatable bonds is 8. The lowest BCUT2D eigenvalue weighted by molar-refractivity contribution is 0.647. The summed E-state index contributed by atoms with van der Waals surface area (Å²) in [6.45, 7) is 9.25. The van der Waals surface area contributed by atoms with E-state index in [1.807, 2.05) is 133 Å². The Morgan fingerprint density at radius 3 is 0.957 bits per heavy atom. The highest BCUT2D eigenvalue weighted by Crippen LogP contribution is 2.53. The van der Waals surface area contributed by atoms with E-state index in [9.17, 15) is 0 Å². The molecular formula is C83H57N7O2. The second-order valence-electron chi connectivity index (χ2n) is 24.8. The lowest BCUT2D eigenvalue weighted by atomic mass is 9.81. The molecule has 0 saturated heterocycles. The van der Waals surface area contributed by atoms with Gasteiger partial charge < -0.3 is 8.83 Å². The minimum absolute atomic E-state index is 0.152. The number of benzene rings is 11. The standard InChI is InChI=1S/C42H29N3O.C41H28N4O/c1-42(2)35-23-30(21-22-31(35)33-24-34-32-15-9-10-16-37(32)46-38(34)25-36(33)42)26-17-19-29(20-18-26)41-44-39(27-11-5-3-6-12-27)43-40(45-41)28-13-7-4-8-14-28;1-41(2)33-22-28(19-20-29(33)31-23-32-30-12-6-7-14-36(30)46-37(32)24-34(31)41)25-15-17-27(18-16-25)39-43-38(26-10-4-3-5-11-26)44-40(45-39)35-13-8-9-21-42-35/h3-25H,1-2H3;3-24H,1-2H3. The highest BCUT2D eigenvalue weighted by Gasteiger charge is 2.38. The zero-order chi connectivity index (χ0) is 61.7. The van der Waals surface area contributed by atoms with Gasteiger partial charge in [-0.25, -0.2) is 29.9 Å². The van der Waals surface area contributed by atoms with E-state index in [-0.39, 0.29) is 10.8 Å². The first-order chi connectivity index (χ1) is 45.1. The van der Waals surface area contributed by atoms with Crippen LogP contribution in [-0.2, 0) is 10.8 Å². The summed E-state index contributed by atoms with van der Waals surface area (Å²) in [6, 6.07) is 92.4. The van der Waals surface area contributed by atoms with E-state index in [0.717, 1.165) is 77.4 Å². The van der Waals surface area contributed by atoms with Crippen molar-refractivity contribution in [1.29, 1.82) is 0 Å². The topological polar surface area (TPSA) is 117 Å². The fourth-order valence-electron chi connectivity index (χ4n) is 13.7. The van der Waals surface area contributed by atoms with Gasteiger partial charge in [0.1, 0.15) is 28.0 Å². The summed E-state index contributed by atoms with van der Waals surface area (Å²) in [5, 5.41) is 4.65. The number of hydrogen-bond donors (Lipinski definition) is 0. The first-order valence-corrected chi connectivity index (χ1v) is 31.1. The molecule has 5 aromatic heterocycles. The van der Waals surface area contributed by atoms with Crippen molar-refractivity contribution < 1.29 is 8.83 Å². The van der Waals surface area contributed by atoms with Gasteiger partial charge in [0.2, 0.25) is 0 Å². The summed E-state index contributed by atoms with van der Waals surface area (Å²) in [5.41, 5.74) is 23.9. The molecule has 2 aliphatic carbocycles. The fraction of sp³-hybridized carbons (Fsp3) is 0.0723. The molecule has 9 nitrogen and oxygen atoms in total. The third-order valence-corrected chi connectivity index (χ3v) is 18.6. The van der Waals surface area contributed by atoms with Crippen molar-refractivity contribution >= 4 is 43.9 Å². The third-order valence-electron chi connectivity index (χ3n) is 18.6. The molecule has 436 valence electrons. The maximum atomic E-state index is 6.26. The maximum Gasteiger partial charge on any atom is 0.182 e. The molecule has 0 unspecified atom stereocenters. The van der Waals surface area contributed by atoms with Crippen molar-refractivity contribution in [1.82, 2.24) is 34.9 Å². The lowest BCUT2D eigenvalue weighted by Crippen LogP contribution is -2.15. The predicted octanol–water partition coefficient (Wildman–Crippen LogP) is 20.9. The van der Waals surface area contributed by atoms with Crippen molar-refractivity contribution in [2.75, 3.05) is 0 Å². The summed E-state index contributed by atoms with van der Waals surface area (Å²) in [5.74, 6) is 3.76. The van der Waals surface area contributed by atoms with Gasteiger partial charge in [0.15, 0.2) is 34.9 Å². The quantitative estimate of drug-likeness (QED) is 0.147. The van der Waals surface area contributed by atoms with Gasteiger partial charge in [-0.1, -0.05) is 234 Å². The van der Waals surface area contributed by atoms with E-state index in [1.54, 1.807) is 6.20 Å². The van der Waals surface area contributed by atoms with E-state index in [0.29, 0.717) is 40.6 Å². The molecule has 0 bridgehead atoms. The fourth-order valence-corrected chi connectivity index (χ4v) is 13.7. The largest absolute Gasteiger partial charge is 0.456 e. The number of nitrogens with zero attached hydrogens (tertiary/aromatic N) is 7. The van der Waals surface area contributed by atoms with Crippen LogP contribution in [0, 0.1) is 0 Å². The van der Waals surface area contributed by atoms with Gasteiger partial charge in [0.05, 0.1) is 0 Å². The van der Waals surface area contributed by atoms with Crippen LogP contribution in [0.25, 0.3) is 157 Å². The number of para-hydroxylation sites is 2. The molecule has 0 spiro atoms. The van der Waals surface area contributed by atoms with E-state index in [4.69, 9.17) is 38.7 Å². The van der Waals surface area contributed by atoms with Crippen LogP contribution in [0.1, 0.15) is 49.9 Å². The van der Waals surface area contributed by atoms with Crippen molar-refractivity contribution in [3.63, 3.8) is 0 Å². The molecule has 5 heterocycles. The van der Waals surface area contributed by atoms with Crippen molar-refractivity contribution in [3.8, 4) is 113 Å². The molecule has 0 amide bonds. The van der Waals surface area contributed by atoms with Crippen LogP contribution in [0.3, 0.4) is 0 Å². The van der Waals surface area contributed by atoms with Crippen LogP contribution in [0.5, 0.6) is 0 Å². The third kappa shape index (κ3) is 9.27. The summed E-state index contributed by atoms with van der Waals surface area (Å²) < 4.78 is 12.5. The first-order valence-electron chi connectivity index (χ1n) is 31.1. The van der Waals surface area contributed by atoms with E-state index < -0.39 is 0 Å². The molecule has 0 N–H and O–H groups in total. The molecule has 9 heteroatoms. The van der Waals surface area contributed by atoms with Crippen LogP contribution in [0.2, 0.25) is 0 Å². The Bertz CT molecular complexity index is 5090. The van der Waals surface area contributed by atoms with Crippen LogP contribution in [0.4, 0.5) is 0 Å². The Hall–Kier alpha value is -11.8. The van der Waals surface area contributed by atoms with Gasteiger partial charge in [0.25, 0.3) is 0 Å². The molecular weight excluding hydrogens is 1130 g/mol. The zero-order valence-corrected chi connectivity index (χ0v) is 50.9. The van der Waals surface area contributed by atoms with Gasteiger partial charge >= 0.3 is 0 Å². The van der Waals surface area contributed by atoms with Gasteiger partial charge in [-0.15, -0.1) is 0 Å². The van der Waals surface area contributed by atoms with Crippen LogP contribution in [-0.4, -0.2) is 34.9 Å². The van der Waals surface area contributed by atoms with Gasteiger partial charge in [-0.05, 0) is 127 Å². The van der Waals surface area contributed by atoms with Gasteiger partial charge in [0, 0.05) is 66.4 Å². The highest BCUT2D eigenvalue weighted by atomic mass is 16.3. The normalized spacial score (nSPS) is 13.2. The first kappa shape index (κ1) is 54.4. The predicted molar refractivity (Wildman–Crippen MR) is 371 cm³/mol. The van der Waals surface area contributed by atoms with Crippen molar-refractivity contribution in [2.24, 2.45) is 0 Å². The number of hydrogen-bond acceptors (Lipinski definition) is 9.